The standard InChI is InChI=1S/C26H35NOS/c1-3-5-7-8-9-10-11-12-26-27-20-25(29-26)23-14-13-22-19-24(28-17-6-4-2)16-15-21(22)18-23/h13-16,18-20H,3-12,17H2,1-2H3. The molecule has 2 aromatic carbocycles. The van der Waals surface area contributed by atoms with Gasteiger partial charge in [-0.15, -0.1) is 11.3 Å². The summed E-state index contributed by atoms with van der Waals surface area (Å²) in [5.41, 5.74) is 1.26. The molecular weight excluding hydrogens is 374 g/mol. The van der Waals surface area contributed by atoms with Gasteiger partial charge in [-0.2, -0.15) is 0 Å². The van der Waals surface area contributed by atoms with Crippen LogP contribution in [0.25, 0.3) is 21.2 Å². The lowest BCUT2D eigenvalue weighted by Crippen LogP contribution is -1.95. The number of benzene rings is 2. The molecule has 0 aliphatic carbocycles. The Morgan fingerprint density at radius 1 is 0.793 bits per heavy atom. The molecule has 0 saturated heterocycles. The monoisotopic (exact) mass is 409 g/mol. The maximum atomic E-state index is 5.84. The lowest BCUT2D eigenvalue weighted by Gasteiger charge is -2.07. The first kappa shape index (κ1) is 21.8. The summed E-state index contributed by atoms with van der Waals surface area (Å²) in [5, 5.41) is 3.76. The molecule has 2 nitrogen and oxygen atoms in total. The van der Waals surface area contributed by atoms with Crippen molar-refractivity contribution in [3.05, 3.63) is 47.6 Å². The molecule has 0 aliphatic heterocycles. The predicted molar refractivity (Wildman–Crippen MR) is 127 cm³/mol. The van der Waals surface area contributed by atoms with Crippen LogP contribution in [-0.2, 0) is 6.42 Å². The van der Waals surface area contributed by atoms with E-state index in [1.807, 2.05) is 17.5 Å². The smallest absolute Gasteiger partial charge is 0.119 e. The molecule has 0 fully saturated rings. The van der Waals surface area contributed by atoms with Crippen molar-refractivity contribution in [1.82, 2.24) is 4.98 Å². The number of ether oxygens (including phenoxy) is 1. The molecule has 0 amide bonds. The third kappa shape index (κ3) is 6.85. The lowest BCUT2D eigenvalue weighted by atomic mass is 10.1. The molecule has 156 valence electrons. The highest BCUT2D eigenvalue weighted by atomic mass is 32.1. The SMILES string of the molecule is CCCCCCCCCc1ncc(-c2ccc3cc(OCCCC)ccc3c2)s1. The van der Waals surface area contributed by atoms with Crippen molar-refractivity contribution in [2.45, 2.75) is 78.1 Å². The van der Waals surface area contributed by atoms with Crippen LogP contribution in [0.5, 0.6) is 5.75 Å². The van der Waals surface area contributed by atoms with Crippen molar-refractivity contribution in [3.8, 4) is 16.2 Å². The van der Waals surface area contributed by atoms with E-state index in [-0.39, 0.29) is 0 Å². The van der Waals surface area contributed by atoms with Crippen LogP contribution in [0.4, 0.5) is 0 Å². The van der Waals surface area contributed by atoms with E-state index in [2.05, 4.69) is 55.2 Å². The Balaban J connectivity index is 1.54. The molecule has 0 spiro atoms. The number of aryl methyl sites for hydroxylation is 1. The zero-order valence-electron chi connectivity index (χ0n) is 18.1. The Kier molecular flexibility index (Phi) is 9.01. The highest BCUT2D eigenvalue weighted by Crippen LogP contribution is 2.31. The van der Waals surface area contributed by atoms with Gasteiger partial charge in [0.2, 0.25) is 0 Å². The van der Waals surface area contributed by atoms with Crippen LogP contribution in [0, 0.1) is 0 Å². The molecule has 3 aromatic rings. The van der Waals surface area contributed by atoms with Crippen molar-refractivity contribution in [3.63, 3.8) is 0 Å². The van der Waals surface area contributed by atoms with E-state index in [0.717, 1.165) is 31.6 Å². The molecule has 0 aliphatic rings. The number of unbranched alkanes of at least 4 members (excludes halogenated alkanes) is 7. The molecule has 0 radical (unpaired) electrons. The highest BCUT2D eigenvalue weighted by Gasteiger charge is 2.06. The van der Waals surface area contributed by atoms with Gasteiger partial charge in [0.15, 0.2) is 0 Å². The Labute approximate surface area is 180 Å². The van der Waals surface area contributed by atoms with Gasteiger partial charge in [0, 0.05) is 6.20 Å². The van der Waals surface area contributed by atoms with Crippen molar-refractivity contribution in [2.75, 3.05) is 6.61 Å². The largest absolute Gasteiger partial charge is 0.494 e. The molecule has 3 heteroatoms. The number of rotatable bonds is 13. The molecule has 1 aromatic heterocycles. The molecule has 1 heterocycles. The highest BCUT2D eigenvalue weighted by molar-refractivity contribution is 7.15. The van der Waals surface area contributed by atoms with E-state index in [0.29, 0.717) is 0 Å². The first-order valence-corrected chi connectivity index (χ1v) is 12.2. The van der Waals surface area contributed by atoms with E-state index >= 15 is 0 Å². The summed E-state index contributed by atoms with van der Waals surface area (Å²) >= 11 is 1.85. The van der Waals surface area contributed by atoms with Gasteiger partial charge in [-0.25, -0.2) is 4.98 Å². The third-order valence-corrected chi connectivity index (χ3v) is 6.52. The fraction of sp³-hybridized carbons (Fsp3) is 0.500. The predicted octanol–water partition coefficient (Wildman–Crippen LogP) is 8.44. The summed E-state index contributed by atoms with van der Waals surface area (Å²) in [4.78, 5) is 5.95. The van der Waals surface area contributed by atoms with Crippen molar-refractivity contribution < 1.29 is 4.74 Å². The molecular formula is C26H35NOS. The van der Waals surface area contributed by atoms with Crippen LogP contribution >= 0.6 is 11.3 Å². The van der Waals surface area contributed by atoms with Crippen LogP contribution in [0.15, 0.2) is 42.6 Å². The third-order valence-electron chi connectivity index (χ3n) is 5.41. The van der Waals surface area contributed by atoms with Crippen molar-refractivity contribution in [2.24, 2.45) is 0 Å². The topological polar surface area (TPSA) is 22.1 Å². The molecule has 0 atom stereocenters. The lowest BCUT2D eigenvalue weighted by molar-refractivity contribution is 0.310. The van der Waals surface area contributed by atoms with Gasteiger partial charge in [-0.05, 0) is 53.8 Å². The van der Waals surface area contributed by atoms with Crippen LogP contribution in [0.2, 0.25) is 0 Å². The van der Waals surface area contributed by atoms with Gasteiger partial charge in [-0.3, -0.25) is 0 Å². The number of fused-ring (bicyclic) bond motifs is 1. The normalized spacial score (nSPS) is 11.2. The molecule has 0 N–H and O–H groups in total. The van der Waals surface area contributed by atoms with E-state index < -0.39 is 0 Å². The van der Waals surface area contributed by atoms with Crippen LogP contribution < -0.4 is 4.74 Å². The Bertz CT molecular complexity index is 870. The van der Waals surface area contributed by atoms with Crippen molar-refractivity contribution >= 4 is 22.1 Å². The quantitative estimate of drug-likeness (QED) is 0.264. The second-order valence-electron chi connectivity index (χ2n) is 7.92. The second-order valence-corrected chi connectivity index (χ2v) is 9.03. The molecule has 3 rings (SSSR count). The summed E-state index contributed by atoms with van der Waals surface area (Å²) in [6.45, 7) is 5.25. The maximum absolute atomic E-state index is 5.84. The van der Waals surface area contributed by atoms with Gasteiger partial charge in [0.1, 0.15) is 5.75 Å². The van der Waals surface area contributed by atoms with E-state index in [1.54, 1.807) is 0 Å². The first-order valence-electron chi connectivity index (χ1n) is 11.4. The number of thiazole rings is 1. The van der Waals surface area contributed by atoms with E-state index in [9.17, 15) is 0 Å². The zero-order valence-corrected chi connectivity index (χ0v) is 18.9. The number of hydrogen-bond acceptors (Lipinski definition) is 3. The maximum Gasteiger partial charge on any atom is 0.119 e. The van der Waals surface area contributed by atoms with Crippen molar-refractivity contribution in [1.29, 1.82) is 0 Å². The fourth-order valence-electron chi connectivity index (χ4n) is 3.59. The fourth-order valence-corrected chi connectivity index (χ4v) is 4.55. The average molecular weight is 410 g/mol. The summed E-state index contributed by atoms with van der Waals surface area (Å²) in [5.74, 6) is 0.966. The van der Waals surface area contributed by atoms with Crippen LogP contribution in [0.3, 0.4) is 0 Å². The zero-order chi connectivity index (χ0) is 20.3. The van der Waals surface area contributed by atoms with E-state index in [1.165, 1.54) is 71.2 Å². The van der Waals surface area contributed by atoms with Gasteiger partial charge in [-0.1, -0.05) is 77.0 Å². The summed E-state index contributed by atoms with van der Waals surface area (Å²) < 4.78 is 5.84. The van der Waals surface area contributed by atoms with Gasteiger partial charge in [0.25, 0.3) is 0 Å². The summed E-state index contributed by atoms with van der Waals surface area (Å²) in [7, 11) is 0. The number of aromatic nitrogens is 1. The average Bonchev–Trinajstić information content (AvgIpc) is 3.22. The first-order chi connectivity index (χ1) is 14.3. The van der Waals surface area contributed by atoms with Gasteiger partial charge >= 0.3 is 0 Å². The molecule has 0 unspecified atom stereocenters. The molecule has 29 heavy (non-hydrogen) atoms. The van der Waals surface area contributed by atoms with Crippen LogP contribution in [0.1, 0.15) is 76.6 Å². The summed E-state index contributed by atoms with van der Waals surface area (Å²) in [6.07, 6.45) is 14.9. The Hall–Kier alpha value is -1.87. The van der Waals surface area contributed by atoms with Gasteiger partial charge < -0.3 is 4.74 Å². The molecule has 0 saturated carbocycles. The minimum atomic E-state index is 0.794. The second kappa shape index (κ2) is 12.0. The Morgan fingerprint density at radius 3 is 2.34 bits per heavy atom. The van der Waals surface area contributed by atoms with E-state index in [4.69, 9.17) is 4.74 Å². The Morgan fingerprint density at radius 2 is 1.52 bits per heavy atom. The minimum Gasteiger partial charge on any atom is -0.494 e. The van der Waals surface area contributed by atoms with Gasteiger partial charge in [0.05, 0.1) is 16.5 Å². The summed E-state index contributed by atoms with van der Waals surface area (Å²) in [6, 6.07) is 13.1. The minimum absolute atomic E-state index is 0.794. The molecule has 0 bridgehead atoms. The number of hydrogen-bond donors (Lipinski definition) is 0. The van der Waals surface area contributed by atoms with Crippen LogP contribution in [-0.4, -0.2) is 11.6 Å². The number of nitrogens with zero attached hydrogens (tertiary/aromatic N) is 1.